The van der Waals surface area contributed by atoms with Gasteiger partial charge in [-0.15, -0.1) is 0 Å². The Morgan fingerprint density at radius 1 is 1.21 bits per heavy atom. The van der Waals surface area contributed by atoms with Gasteiger partial charge in [-0.2, -0.15) is 18.2 Å². The van der Waals surface area contributed by atoms with Gasteiger partial charge in [0.1, 0.15) is 23.9 Å². The highest BCUT2D eigenvalue weighted by Gasteiger charge is 2.34. The zero-order valence-corrected chi connectivity index (χ0v) is 18.1. The van der Waals surface area contributed by atoms with Gasteiger partial charge in [0, 0.05) is 37.5 Å². The van der Waals surface area contributed by atoms with Crippen LogP contribution in [0, 0.1) is 12.7 Å². The minimum Gasteiger partial charge on any atom is -0.473 e. The number of anilines is 1. The average Bonchev–Trinajstić information content (AvgIpc) is 3.37. The van der Waals surface area contributed by atoms with E-state index in [4.69, 9.17) is 9.47 Å². The maximum atomic E-state index is 14.8. The first kappa shape index (κ1) is 22.2. The highest BCUT2D eigenvalue weighted by atomic mass is 19.4. The van der Waals surface area contributed by atoms with Gasteiger partial charge in [0.15, 0.2) is 11.6 Å². The molecule has 0 bridgehead atoms. The predicted octanol–water partition coefficient (Wildman–Crippen LogP) is 4.46. The molecule has 0 N–H and O–H groups in total. The Bertz CT molecular complexity index is 1290. The molecule has 2 aromatic heterocycles. The van der Waals surface area contributed by atoms with Crippen molar-refractivity contribution in [2.75, 3.05) is 11.4 Å². The molecule has 1 aromatic carbocycles. The Kier molecular flexibility index (Phi) is 5.41. The fourth-order valence-corrected chi connectivity index (χ4v) is 4.41. The van der Waals surface area contributed by atoms with E-state index in [2.05, 4.69) is 14.9 Å². The van der Waals surface area contributed by atoms with Crippen LogP contribution in [-0.2, 0) is 19.3 Å². The summed E-state index contributed by atoms with van der Waals surface area (Å²) in [5.41, 5.74) is -0.699. The standard InChI is InChI=1S/C23H20F4N4O3/c1-13-7-14(8-17(24)21(13)34-16-4-5-28-18(9-16)23(25,26)27)12-33-19-10-20-30-6-2-3-15(30)11-31(20)22(32)29-19/h4-5,7-10,15H,2-3,6,11-12H2,1H3. The monoisotopic (exact) mass is 476 g/mol. The van der Waals surface area contributed by atoms with Gasteiger partial charge in [-0.1, -0.05) is 0 Å². The molecular weight excluding hydrogens is 456 g/mol. The van der Waals surface area contributed by atoms with Crippen molar-refractivity contribution in [1.82, 2.24) is 14.5 Å². The normalized spacial score (nSPS) is 17.0. The number of hydrogen-bond acceptors (Lipinski definition) is 6. The second-order valence-corrected chi connectivity index (χ2v) is 8.32. The SMILES string of the molecule is Cc1cc(COc2cc3n(c(=O)n2)CC2CCCN32)cc(F)c1Oc1ccnc(C(F)(F)F)c1. The zero-order valence-electron chi connectivity index (χ0n) is 18.1. The number of aryl methyl sites for hydroxylation is 1. The number of ether oxygens (including phenoxy) is 2. The Labute approximate surface area is 191 Å². The van der Waals surface area contributed by atoms with Crippen LogP contribution in [0.25, 0.3) is 0 Å². The largest absolute Gasteiger partial charge is 0.473 e. The molecule has 7 nitrogen and oxygen atoms in total. The van der Waals surface area contributed by atoms with Crippen molar-refractivity contribution in [3.05, 3.63) is 69.7 Å². The second kappa shape index (κ2) is 8.30. The summed E-state index contributed by atoms with van der Waals surface area (Å²) in [5, 5.41) is 0. The van der Waals surface area contributed by atoms with E-state index < -0.39 is 17.7 Å². The molecule has 11 heteroatoms. The first-order valence-electron chi connectivity index (χ1n) is 10.7. The minimum atomic E-state index is -4.64. The lowest BCUT2D eigenvalue weighted by molar-refractivity contribution is -0.141. The average molecular weight is 476 g/mol. The molecular formula is C23H20F4N4O3. The van der Waals surface area contributed by atoms with Crippen LogP contribution in [0.15, 0.2) is 41.3 Å². The number of halogens is 4. The summed E-state index contributed by atoms with van der Waals surface area (Å²) in [4.78, 5) is 21.8. The number of hydrogen-bond donors (Lipinski definition) is 0. The Balaban J connectivity index is 1.32. The summed E-state index contributed by atoms with van der Waals surface area (Å²) >= 11 is 0. The first-order chi connectivity index (χ1) is 16.2. The van der Waals surface area contributed by atoms with Crippen molar-refractivity contribution in [3.63, 3.8) is 0 Å². The Hall–Kier alpha value is -3.63. The molecule has 5 rings (SSSR count). The molecule has 2 aliphatic rings. The van der Waals surface area contributed by atoms with E-state index >= 15 is 0 Å². The van der Waals surface area contributed by atoms with E-state index in [1.807, 2.05) is 0 Å². The van der Waals surface area contributed by atoms with Crippen LogP contribution >= 0.6 is 0 Å². The molecule has 1 saturated heterocycles. The second-order valence-electron chi connectivity index (χ2n) is 8.32. The fourth-order valence-electron chi connectivity index (χ4n) is 4.41. The van der Waals surface area contributed by atoms with Crippen LogP contribution in [0.1, 0.15) is 29.7 Å². The summed E-state index contributed by atoms with van der Waals surface area (Å²) in [5.74, 6) is -0.211. The first-order valence-corrected chi connectivity index (χ1v) is 10.7. The van der Waals surface area contributed by atoms with E-state index in [1.165, 1.54) is 12.1 Å². The summed E-state index contributed by atoms with van der Waals surface area (Å²) in [7, 11) is 0. The molecule has 1 fully saturated rings. The van der Waals surface area contributed by atoms with Crippen molar-refractivity contribution in [1.29, 1.82) is 0 Å². The fraction of sp³-hybridized carbons (Fsp3) is 0.348. The van der Waals surface area contributed by atoms with Gasteiger partial charge in [-0.05, 0) is 49.1 Å². The summed E-state index contributed by atoms with van der Waals surface area (Å²) in [6.45, 7) is 3.02. The van der Waals surface area contributed by atoms with Gasteiger partial charge in [0.25, 0.3) is 0 Å². The number of rotatable bonds is 5. The molecule has 3 aromatic rings. The van der Waals surface area contributed by atoms with Crippen LogP contribution in [0.4, 0.5) is 23.4 Å². The number of nitrogens with zero attached hydrogens (tertiary/aromatic N) is 4. The third-order valence-corrected chi connectivity index (χ3v) is 5.95. The van der Waals surface area contributed by atoms with Gasteiger partial charge in [0.2, 0.25) is 5.88 Å². The highest BCUT2D eigenvalue weighted by molar-refractivity contribution is 5.48. The number of alkyl halides is 3. The quantitative estimate of drug-likeness (QED) is 0.507. The maximum Gasteiger partial charge on any atom is 0.433 e. The number of pyridine rings is 1. The van der Waals surface area contributed by atoms with Crippen molar-refractivity contribution < 1.29 is 27.0 Å². The van der Waals surface area contributed by atoms with Crippen molar-refractivity contribution in [2.45, 2.75) is 45.1 Å². The molecule has 0 amide bonds. The lowest BCUT2D eigenvalue weighted by atomic mass is 10.1. The molecule has 0 aliphatic carbocycles. The van der Waals surface area contributed by atoms with Crippen molar-refractivity contribution in [3.8, 4) is 17.4 Å². The van der Waals surface area contributed by atoms with E-state index in [0.29, 0.717) is 29.8 Å². The molecule has 0 radical (unpaired) electrons. The van der Waals surface area contributed by atoms with Crippen LogP contribution in [-0.4, -0.2) is 27.1 Å². The Morgan fingerprint density at radius 3 is 2.79 bits per heavy atom. The molecule has 0 spiro atoms. The van der Waals surface area contributed by atoms with Gasteiger partial charge < -0.3 is 14.4 Å². The lowest BCUT2D eigenvalue weighted by Gasteiger charge is -2.17. The smallest absolute Gasteiger partial charge is 0.433 e. The van der Waals surface area contributed by atoms with Gasteiger partial charge in [0.05, 0.1) is 0 Å². The van der Waals surface area contributed by atoms with Crippen LogP contribution < -0.4 is 20.1 Å². The topological polar surface area (TPSA) is 69.5 Å². The maximum absolute atomic E-state index is 14.8. The lowest BCUT2D eigenvalue weighted by Crippen LogP contribution is -2.24. The highest BCUT2D eigenvalue weighted by Crippen LogP contribution is 2.35. The van der Waals surface area contributed by atoms with E-state index in [1.54, 1.807) is 23.6 Å². The Morgan fingerprint density at radius 2 is 2.03 bits per heavy atom. The van der Waals surface area contributed by atoms with Gasteiger partial charge in [-0.25, -0.2) is 9.18 Å². The van der Waals surface area contributed by atoms with Crippen LogP contribution in [0.3, 0.4) is 0 Å². The number of benzene rings is 1. The third-order valence-electron chi connectivity index (χ3n) is 5.95. The molecule has 0 saturated carbocycles. The van der Waals surface area contributed by atoms with Crippen molar-refractivity contribution >= 4 is 5.82 Å². The molecule has 4 heterocycles. The summed E-state index contributed by atoms with van der Waals surface area (Å²) < 4.78 is 66.1. The minimum absolute atomic E-state index is 0.0508. The van der Waals surface area contributed by atoms with Crippen LogP contribution in [0.2, 0.25) is 0 Å². The molecule has 1 unspecified atom stereocenters. The molecule has 1 atom stereocenters. The van der Waals surface area contributed by atoms with Crippen molar-refractivity contribution in [2.24, 2.45) is 0 Å². The molecule has 178 valence electrons. The van der Waals surface area contributed by atoms with Gasteiger partial charge >= 0.3 is 11.9 Å². The number of aromatic nitrogens is 3. The predicted molar refractivity (Wildman–Crippen MR) is 114 cm³/mol. The summed E-state index contributed by atoms with van der Waals surface area (Å²) in [6.07, 6.45) is -1.59. The zero-order chi connectivity index (χ0) is 24.0. The van der Waals surface area contributed by atoms with E-state index in [0.717, 1.165) is 31.4 Å². The molecule has 34 heavy (non-hydrogen) atoms. The third kappa shape index (κ3) is 4.17. The number of fused-ring (bicyclic) bond motifs is 3. The van der Waals surface area contributed by atoms with E-state index in [9.17, 15) is 22.4 Å². The summed E-state index contributed by atoms with van der Waals surface area (Å²) in [6, 6.07) is 6.72. The van der Waals surface area contributed by atoms with Crippen LogP contribution in [0.5, 0.6) is 17.4 Å². The molecule has 2 aliphatic heterocycles. The van der Waals surface area contributed by atoms with Gasteiger partial charge in [-0.3, -0.25) is 9.55 Å². The van der Waals surface area contributed by atoms with E-state index in [-0.39, 0.29) is 29.7 Å².